The van der Waals surface area contributed by atoms with Gasteiger partial charge < -0.3 is 5.32 Å². The zero-order valence-corrected chi connectivity index (χ0v) is 12.6. The van der Waals surface area contributed by atoms with Crippen LogP contribution in [0.2, 0.25) is 0 Å². The van der Waals surface area contributed by atoms with E-state index in [-0.39, 0.29) is 0 Å². The summed E-state index contributed by atoms with van der Waals surface area (Å²) in [6.07, 6.45) is 8.38. The Hall–Kier alpha value is 0.660. The number of hydrogen-bond acceptors (Lipinski definition) is 3. The predicted octanol–water partition coefficient (Wildman–Crippen LogP) is 4.13. The molecule has 3 heteroatoms. The molecule has 1 fully saturated rings. The molecule has 1 saturated heterocycles. The second-order valence-electron chi connectivity index (χ2n) is 4.62. The van der Waals surface area contributed by atoms with Crippen LogP contribution in [0.4, 0.5) is 0 Å². The van der Waals surface area contributed by atoms with Crippen LogP contribution in [0.15, 0.2) is 0 Å². The lowest BCUT2D eigenvalue weighted by Crippen LogP contribution is -2.16. The van der Waals surface area contributed by atoms with Crippen LogP contribution in [0.25, 0.3) is 0 Å². The molecule has 1 aliphatic heterocycles. The first-order chi connectivity index (χ1) is 7.81. The molecule has 0 bridgehead atoms. The molecule has 1 rings (SSSR count). The summed E-state index contributed by atoms with van der Waals surface area (Å²) in [5, 5.41) is 5.17. The smallest absolute Gasteiger partial charge is 0.0633 e. The number of nitrogens with one attached hydrogen (secondary N) is 1. The molecule has 96 valence electrons. The van der Waals surface area contributed by atoms with Crippen LogP contribution in [-0.2, 0) is 0 Å². The summed E-state index contributed by atoms with van der Waals surface area (Å²) in [5.74, 6) is 0. The Morgan fingerprint density at radius 2 is 1.44 bits per heavy atom. The zero-order valence-electron chi connectivity index (χ0n) is 11.0. The first kappa shape index (κ1) is 14.7. The SMILES string of the molecule is CCCCC1SC(CNC)SC1CCCC. The summed E-state index contributed by atoms with van der Waals surface area (Å²) < 4.78 is 0.800. The minimum absolute atomic E-state index is 0.800. The van der Waals surface area contributed by atoms with Crippen molar-refractivity contribution in [1.29, 1.82) is 0 Å². The van der Waals surface area contributed by atoms with Crippen LogP contribution in [0.3, 0.4) is 0 Å². The molecule has 0 radical (unpaired) electrons. The Balaban J connectivity index is 2.36. The summed E-state index contributed by atoms with van der Waals surface area (Å²) in [6.45, 7) is 5.78. The van der Waals surface area contributed by atoms with E-state index in [9.17, 15) is 0 Å². The van der Waals surface area contributed by atoms with Crippen molar-refractivity contribution < 1.29 is 0 Å². The van der Waals surface area contributed by atoms with Crippen LogP contribution in [0, 0.1) is 0 Å². The minimum atomic E-state index is 0.800. The van der Waals surface area contributed by atoms with Gasteiger partial charge in [-0.1, -0.05) is 39.5 Å². The Bertz CT molecular complexity index is 159. The second-order valence-corrected chi connectivity index (χ2v) is 7.81. The van der Waals surface area contributed by atoms with E-state index < -0.39 is 0 Å². The fraction of sp³-hybridized carbons (Fsp3) is 1.00. The molecular formula is C13H27NS2. The Morgan fingerprint density at radius 1 is 0.938 bits per heavy atom. The van der Waals surface area contributed by atoms with Crippen molar-refractivity contribution in [2.24, 2.45) is 0 Å². The largest absolute Gasteiger partial charge is 0.318 e. The molecule has 1 aliphatic rings. The van der Waals surface area contributed by atoms with E-state index in [1.54, 1.807) is 0 Å². The van der Waals surface area contributed by atoms with Crippen molar-refractivity contribution in [3.8, 4) is 0 Å². The highest BCUT2D eigenvalue weighted by molar-refractivity contribution is 8.20. The van der Waals surface area contributed by atoms with Gasteiger partial charge in [-0.25, -0.2) is 0 Å². The predicted molar refractivity (Wildman–Crippen MR) is 79.5 cm³/mol. The average Bonchev–Trinajstić information content (AvgIpc) is 2.66. The molecule has 0 spiro atoms. The van der Waals surface area contributed by atoms with E-state index in [2.05, 4.69) is 49.7 Å². The molecule has 16 heavy (non-hydrogen) atoms. The highest BCUT2D eigenvalue weighted by Crippen LogP contribution is 2.47. The molecule has 0 aromatic carbocycles. The monoisotopic (exact) mass is 261 g/mol. The van der Waals surface area contributed by atoms with Gasteiger partial charge in [0, 0.05) is 17.0 Å². The quantitative estimate of drug-likeness (QED) is 0.705. The Labute approximate surface area is 110 Å². The van der Waals surface area contributed by atoms with Crippen LogP contribution in [0.5, 0.6) is 0 Å². The lowest BCUT2D eigenvalue weighted by Gasteiger charge is -2.16. The molecule has 0 amide bonds. The highest BCUT2D eigenvalue weighted by Gasteiger charge is 2.33. The molecule has 2 unspecified atom stereocenters. The van der Waals surface area contributed by atoms with Gasteiger partial charge >= 0.3 is 0 Å². The first-order valence-electron chi connectivity index (χ1n) is 6.77. The molecular weight excluding hydrogens is 234 g/mol. The normalized spacial score (nSPS) is 29.8. The van der Waals surface area contributed by atoms with Crippen molar-refractivity contribution in [1.82, 2.24) is 5.32 Å². The number of thioether (sulfide) groups is 2. The van der Waals surface area contributed by atoms with Crippen LogP contribution >= 0.6 is 23.5 Å². The molecule has 0 aliphatic carbocycles. The number of rotatable bonds is 8. The van der Waals surface area contributed by atoms with Gasteiger partial charge in [0.15, 0.2) is 0 Å². The lowest BCUT2D eigenvalue weighted by atomic mass is 10.1. The van der Waals surface area contributed by atoms with Gasteiger partial charge in [-0.3, -0.25) is 0 Å². The Morgan fingerprint density at radius 3 is 1.81 bits per heavy atom. The standard InChI is InChI=1S/C13H27NS2/c1-4-6-8-11-12(9-7-5-2)16-13(15-11)10-14-3/h11-14H,4-10H2,1-3H3. The molecule has 2 atom stereocenters. The van der Waals surface area contributed by atoms with Crippen molar-refractivity contribution in [3.63, 3.8) is 0 Å². The Kier molecular flexibility index (Phi) is 8.01. The molecule has 0 saturated carbocycles. The van der Waals surface area contributed by atoms with Gasteiger partial charge in [-0.15, -0.1) is 23.5 Å². The van der Waals surface area contributed by atoms with Crippen molar-refractivity contribution in [3.05, 3.63) is 0 Å². The number of unbranched alkanes of at least 4 members (excludes halogenated alkanes) is 2. The topological polar surface area (TPSA) is 12.0 Å². The third-order valence-corrected chi connectivity index (χ3v) is 6.73. The molecule has 0 aromatic heterocycles. The summed E-state index contributed by atoms with van der Waals surface area (Å²) in [4.78, 5) is 0. The van der Waals surface area contributed by atoms with Gasteiger partial charge in [-0.2, -0.15) is 0 Å². The van der Waals surface area contributed by atoms with E-state index in [0.717, 1.165) is 15.1 Å². The summed E-state index contributed by atoms with van der Waals surface area (Å²) in [5.41, 5.74) is 0. The van der Waals surface area contributed by atoms with Crippen molar-refractivity contribution in [2.45, 2.75) is 67.5 Å². The van der Waals surface area contributed by atoms with Crippen LogP contribution < -0.4 is 5.32 Å². The van der Waals surface area contributed by atoms with E-state index in [0.29, 0.717) is 0 Å². The summed E-state index contributed by atoms with van der Waals surface area (Å²) in [7, 11) is 2.07. The van der Waals surface area contributed by atoms with E-state index in [4.69, 9.17) is 0 Å². The van der Waals surface area contributed by atoms with Crippen molar-refractivity contribution >= 4 is 23.5 Å². The van der Waals surface area contributed by atoms with Gasteiger partial charge in [0.05, 0.1) is 4.58 Å². The maximum absolute atomic E-state index is 3.32. The van der Waals surface area contributed by atoms with Gasteiger partial charge in [0.2, 0.25) is 0 Å². The summed E-state index contributed by atoms with van der Waals surface area (Å²) >= 11 is 4.47. The third kappa shape index (κ3) is 4.89. The molecule has 1 heterocycles. The third-order valence-electron chi connectivity index (χ3n) is 3.12. The van der Waals surface area contributed by atoms with E-state index in [1.807, 2.05) is 0 Å². The fourth-order valence-electron chi connectivity index (χ4n) is 2.18. The first-order valence-corrected chi connectivity index (χ1v) is 8.65. The second kappa shape index (κ2) is 8.71. The maximum atomic E-state index is 3.32. The van der Waals surface area contributed by atoms with Crippen LogP contribution in [0.1, 0.15) is 52.4 Å². The highest BCUT2D eigenvalue weighted by atomic mass is 32.2. The summed E-state index contributed by atoms with van der Waals surface area (Å²) in [6, 6.07) is 0. The number of hydrogen-bond donors (Lipinski definition) is 1. The van der Waals surface area contributed by atoms with E-state index in [1.165, 1.54) is 45.1 Å². The minimum Gasteiger partial charge on any atom is -0.318 e. The maximum Gasteiger partial charge on any atom is 0.0633 e. The molecule has 1 N–H and O–H groups in total. The van der Waals surface area contributed by atoms with Crippen molar-refractivity contribution in [2.75, 3.05) is 13.6 Å². The average molecular weight is 262 g/mol. The zero-order chi connectivity index (χ0) is 11.8. The lowest BCUT2D eigenvalue weighted by molar-refractivity contribution is 0.614. The van der Waals surface area contributed by atoms with E-state index >= 15 is 0 Å². The molecule has 1 nitrogen and oxygen atoms in total. The van der Waals surface area contributed by atoms with Gasteiger partial charge in [-0.05, 0) is 19.9 Å². The van der Waals surface area contributed by atoms with Crippen LogP contribution in [-0.4, -0.2) is 28.7 Å². The van der Waals surface area contributed by atoms with Gasteiger partial charge in [0.1, 0.15) is 0 Å². The fourth-order valence-corrected chi connectivity index (χ4v) is 6.21. The molecule has 0 aromatic rings. The van der Waals surface area contributed by atoms with Gasteiger partial charge in [0.25, 0.3) is 0 Å².